The summed E-state index contributed by atoms with van der Waals surface area (Å²) in [5.74, 6) is 0.956. The maximum atomic E-state index is 2.43. The maximum absolute atomic E-state index is 2.43. The van der Waals surface area contributed by atoms with Gasteiger partial charge in [-0.2, -0.15) is 0 Å². The minimum Gasteiger partial charge on any atom is -0.0914 e. The predicted molar refractivity (Wildman–Crippen MR) is 43.8 cm³/mol. The van der Waals surface area contributed by atoms with E-state index in [4.69, 9.17) is 0 Å². The Hall–Kier alpha value is -0.260. The zero-order valence-electron chi connectivity index (χ0n) is 6.77. The number of hydrogen-bond donors (Lipinski definition) is 0. The van der Waals surface area contributed by atoms with Crippen molar-refractivity contribution < 1.29 is 0 Å². The zero-order valence-corrected chi connectivity index (χ0v) is 6.77. The summed E-state index contributed by atoms with van der Waals surface area (Å²) in [7, 11) is 0. The van der Waals surface area contributed by atoms with Gasteiger partial charge in [0.25, 0.3) is 0 Å². The van der Waals surface area contributed by atoms with Crippen molar-refractivity contribution in [3.8, 4) is 0 Å². The maximum Gasteiger partial charge on any atom is -0.0177 e. The van der Waals surface area contributed by atoms with Gasteiger partial charge in [-0.25, -0.2) is 0 Å². The van der Waals surface area contributed by atoms with Crippen molar-refractivity contribution in [2.45, 2.75) is 39.0 Å². The van der Waals surface area contributed by atoms with Crippen LogP contribution in [-0.4, -0.2) is 0 Å². The van der Waals surface area contributed by atoms with E-state index >= 15 is 0 Å². The molecule has 0 radical (unpaired) electrons. The SMILES string of the molecule is C/C=C/C1CCCC12CC2. The summed E-state index contributed by atoms with van der Waals surface area (Å²) in [5, 5.41) is 0. The molecule has 0 bridgehead atoms. The van der Waals surface area contributed by atoms with E-state index in [2.05, 4.69) is 19.1 Å². The first-order valence-corrected chi connectivity index (χ1v) is 4.50. The van der Waals surface area contributed by atoms with Gasteiger partial charge < -0.3 is 0 Å². The fourth-order valence-corrected chi connectivity index (χ4v) is 2.48. The molecule has 0 N–H and O–H groups in total. The van der Waals surface area contributed by atoms with E-state index in [0.717, 1.165) is 11.3 Å². The molecule has 0 nitrogen and oxygen atoms in total. The van der Waals surface area contributed by atoms with Gasteiger partial charge in [0.15, 0.2) is 0 Å². The van der Waals surface area contributed by atoms with E-state index < -0.39 is 0 Å². The minimum atomic E-state index is 0.826. The van der Waals surface area contributed by atoms with Gasteiger partial charge in [-0.15, -0.1) is 0 Å². The van der Waals surface area contributed by atoms with Crippen LogP contribution in [0.2, 0.25) is 0 Å². The smallest absolute Gasteiger partial charge is 0.0177 e. The molecule has 0 aromatic carbocycles. The quantitative estimate of drug-likeness (QED) is 0.486. The minimum absolute atomic E-state index is 0.826. The van der Waals surface area contributed by atoms with Gasteiger partial charge in [-0.3, -0.25) is 0 Å². The summed E-state index contributed by atoms with van der Waals surface area (Å²) in [6.07, 6.45) is 12.2. The van der Waals surface area contributed by atoms with Crippen molar-refractivity contribution in [1.29, 1.82) is 0 Å². The Morgan fingerprint density at radius 2 is 2.10 bits per heavy atom. The van der Waals surface area contributed by atoms with Crippen molar-refractivity contribution in [2.24, 2.45) is 11.3 Å². The van der Waals surface area contributed by atoms with Crippen LogP contribution in [0.5, 0.6) is 0 Å². The van der Waals surface area contributed by atoms with Crippen molar-refractivity contribution >= 4 is 0 Å². The summed E-state index contributed by atoms with van der Waals surface area (Å²) >= 11 is 0. The van der Waals surface area contributed by atoms with Crippen LogP contribution in [0.15, 0.2) is 12.2 Å². The van der Waals surface area contributed by atoms with Crippen LogP contribution in [0.3, 0.4) is 0 Å². The molecule has 0 amide bonds. The van der Waals surface area contributed by atoms with Crippen molar-refractivity contribution in [3.63, 3.8) is 0 Å². The van der Waals surface area contributed by atoms with Gasteiger partial charge in [0.1, 0.15) is 0 Å². The number of rotatable bonds is 1. The van der Waals surface area contributed by atoms with E-state index in [-0.39, 0.29) is 0 Å². The summed E-state index contributed by atoms with van der Waals surface area (Å²) in [5.41, 5.74) is 0.826. The topological polar surface area (TPSA) is 0 Å². The highest BCUT2D eigenvalue weighted by atomic mass is 14.5. The second kappa shape index (κ2) is 2.11. The molecule has 2 rings (SSSR count). The Kier molecular flexibility index (Phi) is 1.36. The molecular formula is C10H16. The third-order valence-electron chi connectivity index (χ3n) is 3.29. The van der Waals surface area contributed by atoms with Gasteiger partial charge >= 0.3 is 0 Å². The van der Waals surface area contributed by atoms with Crippen LogP contribution in [0, 0.1) is 11.3 Å². The third kappa shape index (κ3) is 0.817. The normalized spacial score (nSPS) is 35.9. The Bertz CT molecular complexity index is 151. The van der Waals surface area contributed by atoms with E-state index in [0.29, 0.717) is 0 Å². The third-order valence-corrected chi connectivity index (χ3v) is 3.29. The highest BCUT2D eigenvalue weighted by molar-refractivity contribution is 5.08. The second-order valence-corrected chi connectivity index (χ2v) is 3.89. The first-order valence-electron chi connectivity index (χ1n) is 4.50. The summed E-state index contributed by atoms with van der Waals surface area (Å²) in [6.45, 7) is 2.15. The molecule has 1 atom stereocenters. The molecule has 10 heavy (non-hydrogen) atoms. The molecule has 1 unspecified atom stereocenters. The molecule has 0 aromatic heterocycles. The van der Waals surface area contributed by atoms with Crippen molar-refractivity contribution in [2.75, 3.05) is 0 Å². The Morgan fingerprint density at radius 1 is 1.30 bits per heavy atom. The van der Waals surface area contributed by atoms with E-state index in [1.54, 1.807) is 0 Å². The molecular weight excluding hydrogens is 120 g/mol. The number of hydrogen-bond acceptors (Lipinski definition) is 0. The molecule has 0 heteroatoms. The van der Waals surface area contributed by atoms with Crippen molar-refractivity contribution in [1.82, 2.24) is 0 Å². The van der Waals surface area contributed by atoms with Crippen LogP contribution < -0.4 is 0 Å². The molecule has 0 aromatic rings. The van der Waals surface area contributed by atoms with Gasteiger partial charge in [-0.05, 0) is 43.9 Å². The standard InChI is InChI=1S/C10H16/c1-2-4-9-5-3-6-10(9)7-8-10/h2,4,9H,3,5-8H2,1H3/b4-2+. The molecule has 0 heterocycles. The van der Waals surface area contributed by atoms with Gasteiger partial charge in [0.2, 0.25) is 0 Å². The van der Waals surface area contributed by atoms with Crippen LogP contribution in [0.1, 0.15) is 39.0 Å². The fourth-order valence-electron chi connectivity index (χ4n) is 2.48. The van der Waals surface area contributed by atoms with Crippen LogP contribution in [0.4, 0.5) is 0 Å². The molecule has 2 aliphatic carbocycles. The zero-order chi connectivity index (χ0) is 7.03. The predicted octanol–water partition coefficient (Wildman–Crippen LogP) is 3.14. The average molecular weight is 136 g/mol. The first-order chi connectivity index (χ1) is 4.87. The molecule has 2 aliphatic rings. The lowest BCUT2D eigenvalue weighted by Gasteiger charge is -2.12. The molecule has 2 fully saturated rings. The second-order valence-electron chi connectivity index (χ2n) is 3.89. The van der Waals surface area contributed by atoms with Crippen LogP contribution in [-0.2, 0) is 0 Å². The monoisotopic (exact) mass is 136 g/mol. The van der Waals surface area contributed by atoms with Gasteiger partial charge in [0.05, 0.1) is 0 Å². The lowest BCUT2D eigenvalue weighted by atomic mass is 9.93. The molecule has 1 spiro atoms. The Morgan fingerprint density at radius 3 is 2.70 bits per heavy atom. The number of allylic oxidation sites excluding steroid dienone is 2. The van der Waals surface area contributed by atoms with E-state index in [1.807, 2.05) is 0 Å². The van der Waals surface area contributed by atoms with Crippen LogP contribution >= 0.6 is 0 Å². The molecule has 0 saturated heterocycles. The first kappa shape index (κ1) is 6.45. The van der Waals surface area contributed by atoms with E-state index in [1.165, 1.54) is 32.1 Å². The lowest BCUT2D eigenvalue weighted by molar-refractivity contribution is 0.436. The van der Waals surface area contributed by atoms with Gasteiger partial charge in [-0.1, -0.05) is 18.6 Å². The highest BCUT2D eigenvalue weighted by Crippen LogP contribution is 2.61. The molecule has 56 valence electrons. The van der Waals surface area contributed by atoms with Gasteiger partial charge in [0, 0.05) is 0 Å². The lowest BCUT2D eigenvalue weighted by Crippen LogP contribution is -2.04. The summed E-state index contributed by atoms with van der Waals surface area (Å²) in [4.78, 5) is 0. The fraction of sp³-hybridized carbons (Fsp3) is 0.800. The Labute approximate surface area is 63.3 Å². The summed E-state index contributed by atoms with van der Waals surface area (Å²) < 4.78 is 0. The molecule has 0 aliphatic heterocycles. The van der Waals surface area contributed by atoms with Crippen molar-refractivity contribution in [3.05, 3.63) is 12.2 Å². The highest BCUT2D eigenvalue weighted by Gasteiger charge is 2.50. The average Bonchev–Trinajstić information content (AvgIpc) is 2.57. The van der Waals surface area contributed by atoms with Crippen LogP contribution in [0.25, 0.3) is 0 Å². The van der Waals surface area contributed by atoms with E-state index in [9.17, 15) is 0 Å². The largest absolute Gasteiger partial charge is 0.0914 e. The summed E-state index contributed by atoms with van der Waals surface area (Å²) in [6, 6.07) is 0. The molecule has 2 saturated carbocycles. The Balaban J connectivity index is 2.07.